The quantitative estimate of drug-likeness (QED) is 0.824. The first-order valence-electron chi connectivity index (χ1n) is 3.99. The minimum Gasteiger partial charge on any atom is -0.265 e. The van der Waals surface area contributed by atoms with Crippen LogP contribution in [0.5, 0.6) is 0 Å². The van der Waals surface area contributed by atoms with Crippen molar-refractivity contribution in [2.75, 3.05) is 0 Å². The van der Waals surface area contributed by atoms with Gasteiger partial charge in [0.2, 0.25) is 0 Å². The molecule has 0 saturated heterocycles. The van der Waals surface area contributed by atoms with Crippen molar-refractivity contribution < 1.29 is 8.42 Å². The molecular weight excluding hydrogens is 304 g/mol. The lowest BCUT2D eigenvalue weighted by atomic mass is 10.2. The first-order chi connectivity index (χ1) is 6.91. The van der Waals surface area contributed by atoms with E-state index in [-0.39, 0.29) is 5.03 Å². The zero-order valence-corrected chi connectivity index (χ0v) is 10.7. The van der Waals surface area contributed by atoms with E-state index in [2.05, 4.69) is 26.1 Å². The Bertz CT molecular complexity index is 635. The fourth-order valence-corrected chi connectivity index (χ4v) is 2.93. The Morgan fingerprint density at radius 2 is 2.13 bits per heavy atom. The third-order valence-electron chi connectivity index (χ3n) is 2.06. The minimum atomic E-state index is -3.80. The van der Waals surface area contributed by atoms with Crippen LogP contribution in [0.1, 0.15) is 5.56 Å². The normalized spacial score (nSPS) is 12.2. The summed E-state index contributed by atoms with van der Waals surface area (Å²) in [4.78, 5) is 0. The van der Waals surface area contributed by atoms with E-state index in [9.17, 15) is 8.42 Å². The van der Waals surface area contributed by atoms with Crippen LogP contribution in [0.2, 0.25) is 0 Å². The van der Waals surface area contributed by atoms with Crippen molar-refractivity contribution in [1.29, 1.82) is 0 Å². The van der Waals surface area contributed by atoms with Crippen LogP contribution < -0.4 is 0 Å². The van der Waals surface area contributed by atoms with Crippen LogP contribution >= 0.6 is 26.6 Å². The number of aromatic amines is 1. The third-order valence-corrected chi connectivity index (χ3v) is 4.33. The lowest BCUT2D eigenvalue weighted by Crippen LogP contribution is -1.92. The van der Waals surface area contributed by atoms with E-state index in [1.54, 1.807) is 6.07 Å². The lowest BCUT2D eigenvalue weighted by Gasteiger charge is -1.99. The zero-order chi connectivity index (χ0) is 11.2. The smallest absolute Gasteiger partial charge is 0.265 e. The number of hydrogen-bond donors (Lipinski definition) is 1. The molecule has 7 heteroatoms. The SMILES string of the molecule is Cc1ccc2n[nH]c(S(=O)(=O)Cl)c2c1Br. The monoisotopic (exact) mass is 308 g/mol. The van der Waals surface area contributed by atoms with E-state index in [4.69, 9.17) is 10.7 Å². The summed E-state index contributed by atoms with van der Waals surface area (Å²) in [7, 11) is 1.48. The van der Waals surface area contributed by atoms with Gasteiger partial charge in [0.15, 0.2) is 5.03 Å². The standard InChI is InChI=1S/C8H6BrClN2O2S/c1-4-2-3-5-6(7(4)9)8(12-11-5)15(10,13)14/h2-3H,1H3,(H,11,12). The predicted molar refractivity (Wildman–Crippen MR) is 61.6 cm³/mol. The Morgan fingerprint density at radius 1 is 1.47 bits per heavy atom. The average molecular weight is 310 g/mol. The molecule has 15 heavy (non-hydrogen) atoms. The molecule has 0 fully saturated rings. The van der Waals surface area contributed by atoms with Crippen LogP contribution in [0.25, 0.3) is 10.9 Å². The third kappa shape index (κ3) is 1.77. The molecule has 0 atom stereocenters. The maximum Gasteiger partial charge on any atom is 0.278 e. The molecule has 4 nitrogen and oxygen atoms in total. The maximum atomic E-state index is 11.2. The minimum absolute atomic E-state index is 0.0743. The molecule has 1 heterocycles. The predicted octanol–water partition coefficient (Wildman–Crippen LogP) is 2.56. The molecule has 1 N–H and O–H groups in total. The Kier molecular flexibility index (Phi) is 2.52. The van der Waals surface area contributed by atoms with Crippen LogP contribution in [0.4, 0.5) is 0 Å². The maximum absolute atomic E-state index is 11.2. The molecule has 2 rings (SSSR count). The number of nitrogens with one attached hydrogen (secondary N) is 1. The van der Waals surface area contributed by atoms with Crippen molar-refractivity contribution in [3.63, 3.8) is 0 Å². The number of hydrogen-bond acceptors (Lipinski definition) is 3. The summed E-state index contributed by atoms with van der Waals surface area (Å²) in [5.74, 6) is 0. The summed E-state index contributed by atoms with van der Waals surface area (Å²) < 4.78 is 23.2. The Balaban J connectivity index is 2.96. The van der Waals surface area contributed by atoms with Gasteiger partial charge in [-0.1, -0.05) is 6.07 Å². The number of H-pyrrole nitrogens is 1. The molecule has 0 aliphatic rings. The van der Waals surface area contributed by atoms with E-state index < -0.39 is 9.05 Å². The van der Waals surface area contributed by atoms with Crippen molar-refractivity contribution in [2.45, 2.75) is 11.9 Å². The summed E-state index contributed by atoms with van der Waals surface area (Å²) in [5, 5.41) is 6.71. The van der Waals surface area contributed by atoms with Crippen molar-refractivity contribution >= 4 is 46.6 Å². The molecule has 0 aliphatic carbocycles. The summed E-state index contributed by atoms with van der Waals surface area (Å²) >= 11 is 3.32. The fraction of sp³-hybridized carbons (Fsp3) is 0.125. The second-order valence-corrected chi connectivity index (χ2v) is 6.38. The number of nitrogens with zero attached hydrogens (tertiary/aromatic N) is 1. The van der Waals surface area contributed by atoms with Crippen molar-refractivity contribution in [3.8, 4) is 0 Å². The Labute approximate surface area is 99.2 Å². The number of benzene rings is 1. The van der Waals surface area contributed by atoms with Gasteiger partial charge in [-0.25, -0.2) is 8.42 Å². The van der Waals surface area contributed by atoms with Crippen LogP contribution in [0.15, 0.2) is 21.6 Å². The second kappa shape index (κ2) is 3.47. The van der Waals surface area contributed by atoms with Gasteiger partial charge in [0.25, 0.3) is 9.05 Å². The van der Waals surface area contributed by atoms with Gasteiger partial charge in [0.1, 0.15) is 0 Å². The summed E-state index contributed by atoms with van der Waals surface area (Å²) in [6.07, 6.45) is 0. The van der Waals surface area contributed by atoms with Gasteiger partial charge in [-0.3, -0.25) is 5.10 Å². The van der Waals surface area contributed by atoms with Gasteiger partial charge >= 0.3 is 0 Å². The van der Waals surface area contributed by atoms with Crippen LogP contribution in [-0.4, -0.2) is 18.6 Å². The molecule has 0 radical (unpaired) electrons. The van der Waals surface area contributed by atoms with E-state index in [1.807, 2.05) is 13.0 Å². The molecule has 2 aromatic rings. The lowest BCUT2D eigenvalue weighted by molar-refractivity contribution is 0.606. The molecule has 0 bridgehead atoms. The first-order valence-corrected chi connectivity index (χ1v) is 7.09. The highest BCUT2D eigenvalue weighted by atomic mass is 79.9. The van der Waals surface area contributed by atoms with Gasteiger partial charge in [-0.2, -0.15) is 5.10 Å². The molecular formula is C8H6BrClN2O2S. The van der Waals surface area contributed by atoms with Gasteiger partial charge in [0, 0.05) is 15.2 Å². The van der Waals surface area contributed by atoms with Gasteiger partial charge in [-0.15, -0.1) is 0 Å². The van der Waals surface area contributed by atoms with E-state index in [0.29, 0.717) is 15.4 Å². The number of rotatable bonds is 1. The second-order valence-electron chi connectivity index (χ2n) is 3.08. The molecule has 0 unspecified atom stereocenters. The van der Waals surface area contributed by atoms with E-state index in [0.717, 1.165) is 5.56 Å². The summed E-state index contributed by atoms with van der Waals surface area (Å²) in [6, 6.07) is 3.58. The first kappa shape index (κ1) is 10.9. The fourth-order valence-electron chi connectivity index (χ4n) is 1.32. The van der Waals surface area contributed by atoms with Crippen LogP contribution in [0.3, 0.4) is 0 Å². The highest BCUT2D eigenvalue weighted by Crippen LogP contribution is 2.32. The number of aromatic nitrogens is 2. The zero-order valence-electron chi connectivity index (χ0n) is 7.58. The number of halogens is 2. The molecule has 0 spiro atoms. The van der Waals surface area contributed by atoms with Crippen LogP contribution in [0, 0.1) is 6.92 Å². The summed E-state index contributed by atoms with van der Waals surface area (Å²) in [6.45, 7) is 1.86. The van der Waals surface area contributed by atoms with E-state index >= 15 is 0 Å². The highest BCUT2D eigenvalue weighted by Gasteiger charge is 2.20. The molecule has 0 saturated carbocycles. The molecule has 1 aromatic heterocycles. The Morgan fingerprint density at radius 3 is 2.73 bits per heavy atom. The topological polar surface area (TPSA) is 62.8 Å². The van der Waals surface area contributed by atoms with Gasteiger partial charge in [-0.05, 0) is 34.5 Å². The average Bonchev–Trinajstić information content (AvgIpc) is 2.54. The summed E-state index contributed by atoms with van der Waals surface area (Å²) in [5.41, 5.74) is 1.48. The van der Waals surface area contributed by atoms with Gasteiger partial charge in [0.05, 0.1) is 10.9 Å². The highest BCUT2D eigenvalue weighted by molar-refractivity contribution is 9.10. The van der Waals surface area contributed by atoms with Gasteiger partial charge < -0.3 is 0 Å². The Hall–Kier alpha value is -0.590. The number of aryl methyl sites for hydroxylation is 1. The van der Waals surface area contributed by atoms with Crippen molar-refractivity contribution in [1.82, 2.24) is 10.2 Å². The van der Waals surface area contributed by atoms with E-state index in [1.165, 1.54) is 0 Å². The van der Waals surface area contributed by atoms with Crippen LogP contribution in [-0.2, 0) is 9.05 Å². The molecule has 0 amide bonds. The molecule has 1 aromatic carbocycles. The molecule has 0 aliphatic heterocycles. The molecule has 80 valence electrons. The van der Waals surface area contributed by atoms with Crippen molar-refractivity contribution in [2.24, 2.45) is 0 Å². The number of fused-ring (bicyclic) bond motifs is 1. The van der Waals surface area contributed by atoms with Crippen molar-refractivity contribution in [3.05, 3.63) is 22.2 Å². The largest absolute Gasteiger partial charge is 0.278 e.